The Kier molecular flexibility index (Phi) is 2.58. The molecule has 4 nitrogen and oxygen atoms in total. The predicted molar refractivity (Wildman–Crippen MR) is 58.6 cm³/mol. The second kappa shape index (κ2) is 3.90. The van der Waals surface area contributed by atoms with E-state index in [9.17, 15) is 9.59 Å². The van der Waals surface area contributed by atoms with Crippen molar-refractivity contribution < 1.29 is 14.7 Å². The highest BCUT2D eigenvalue weighted by Crippen LogP contribution is 2.22. The number of amides is 2. The van der Waals surface area contributed by atoms with Gasteiger partial charge in [-0.05, 0) is 24.6 Å². The van der Waals surface area contributed by atoms with Crippen LogP contribution in [0.25, 0.3) is 0 Å². The van der Waals surface area contributed by atoms with E-state index in [1.54, 1.807) is 31.2 Å². The Bertz CT molecular complexity index is 474. The molecule has 0 aromatic heterocycles. The lowest BCUT2D eigenvalue weighted by Gasteiger charge is -2.14. The Hall–Kier alpha value is -1.94. The summed E-state index contributed by atoms with van der Waals surface area (Å²) in [6.45, 7) is 1.56. The number of anilines is 1. The van der Waals surface area contributed by atoms with Gasteiger partial charge in [-0.2, -0.15) is 0 Å². The van der Waals surface area contributed by atoms with Gasteiger partial charge in [-0.3, -0.25) is 9.59 Å². The zero-order chi connectivity index (χ0) is 11.7. The van der Waals surface area contributed by atoms with E-state index < -0.39 is 0 Å². The lowest BCUT2D eigenvalue weighted by Crippen LogP contribution is -2.30. The first-order valence-electron chi connectivity index (χ1n) is 4.90. The summed E-state index contributed by atoms with van der Waals surface area (Å²) in [5, 5.41) is 8.88. The van der Waals surface area contributed by atoms with E-state index in [-0.39, 0.29) is 18.4 Å². The van der Waals surface area contributed by atoms with Crippen LogP contribution < -0.4 is 4.90 Å². The Morgan fingerprint density at radius 3 is 2.25 bits per heavy atom. The molecule has 0 saturated heterocycles. The minimum atomic E-state index is -0.320. The van der Waals surface area contributed by atoms with Gasteiger partial charge in [0.25, 0.3) is 11.8 Å². The number of aliphatic hydroxyl groups is 1. The first kappa shape index (κ1) is 10.6. The molecular formula is C12H11NO3. The minimum Gasteiger partial charge on any atom is -0.392 e. The van der Waals surface area contributed by atoms with Crippen LogP contribution in [0, 0.1) is 0 Å². The number of hydrogen-bond acceptors (Lipinski definition) is 3. The van der Waals surface area contributed by atoms with Crippen LogP contribution in [0.5, 0.6) is 0 Å². The van der Waals surface area contributed by atoms with Gasteiger partial charge in [0.05, 0.1) is 12.3 Å². The Balaban J connectivity index is 2.32. The van der Waals surface area contributed by atoms with E-state index in [1.165, 1.54) is 6.08 Å². The van der Waals surface area contributed by atoms with Crippen LogP contribution in [-0.4, -0.2) is 16.9 Å². The van der Waals surface area contributed by atoms with Gasteiger partial charge < -0.3 is 5.11 Å². The van der Waals surface area contributed by atoms with Gasteiger partial charge >= 0.3 is 0 Å². The average Bonchev–Trinajstić information content (AvgIpc) is 2.54. The second-order valence-corrected chi connectivity index (χ2v) is 3.63. The standard InChI is InChI=1S/C12H11NO3/c1-8-6-11(15)13(12(8)16)10-4-2-9(7-14)3-5-10/h2-6,14H,7H2,1H3. The third-order valence-corrected chi connectivity index (χ3v) is 2.48. The molecular weight excluding hydrogens is 206 g/mol. The molecule has 1 aliphatic heterocycles. The molecule has 1 N–H and O–H groups in total. The zero-order valence-corrected chi connectivity index (χ0v) is 8.80. The molecule has 0 atom stereocenters. The average molecular weight is 217 g/mol. The van der Waals surface area contributed by atoms with E-state index in [0.29, 0.717) is 11.3 Å². The summed E-state index contributed by atoms with van der Waals surface area (Å²) in [4.78, 5) is 24.3. The molecule has 1 heterocycles. The molecule has 0 saturated carbocycles. The van der Waals surface area contributed by atoms with Crippen molar-refractivity contribution in [3.8, 4) is 0 Å². The van der Waals surface area contributed by atoms with Crippen molar-refractivity contribution in [2.24, 2.45) is 0 Å². The number of aliphatic hydroxyl groups excluding tert-OH is 1. The molecule has 0 unspecified atom stereocenters. The lowest BCUT2D eigenvalue weighted by molar-refractivity contribution is -0.120. The molecule has 16 heavy (non-hydrogen) atoms. The van der Waals surface area contributed by atoms with E-state index >= 15 is 0 Å². The Morgan fingerprint density at radius 1 is 1.19 bits per heavy atom. The van der Waals surface area contributed by atoms with Crippen molar-refractivity contribution >= 4 is 17.5 Å². The molecule has 1 aromatic rings. The highest BCUT2D eigenvalue weighted by Gasteiger charge is 2.29. The van der Waals surface area contributed by atoms with Crippen LogP contribution in [0.3, 0.4) is 0 Å². The van der Waals surface area contributed by atoms with Gasteiger partial charge in [-0.25, -0.2) is 4.90 Å². The third-order valence-electron chi connectivity index (χ3n) is 2.48. The number of hydrogen-bond donors (Lipinski definition) is 1. The number of nitrogens with zero attached hydrogens (tertiary/aromatic N) is 1. The van der Waals surface area contributed by atoms with E-state index in [0.717, 1.165) is 10.5 Å². The SMILES string of the molecule is CC1=CC(=O)N(c2ccc(CO)cc2)C1=O. The summed E-state index contributed by atoms with van der Waals surface area (Å²) in [5.74, 6) is -0.610. The van der Waals surface area contributed by atoms with E-state index in [1.807, 2.05) is 0 Å². The van der Waals surface area contributed by atoms with Crippen LogP contribution in [0.4, 0.5) is 5.69 Å². The van der Waals surface area contributed by atoms with Gasteiger partial charge in [0.15, 0.2) is 0 Å². The largest absolute Gasteiger partial charge is 0.392 e. The molecule has 2 amide bonds. The number of rotatable bonds is 2. The van der Waals surface area contributed by atoms with Crippen molar-refractivity contribution in [1.82, 2.24) is 0 Å². The Labute approximate surface area is 92.8 Å². The smallest absolute Gasteiger partial charge is 0.261 e. The first-order chi connectivity index (χ1) is 7.63. The van der Waals surface area contributed by atoms with Crippen molar-refractivity contribution in [2.75, 3.05) is 4.90 Å². The molecule has 0 aliphatic carbocycles. The fourth-order valence-corrected chi connectivity index (χ4v) is 1.58. The predicted octanol–water partition coefficient (Wildman–Crippen LogP) is 0.998. The summed E-state index contributed by atoms with van der Waals surface area (Å²) in [6.07, 6.45) is 1.32. The number of carbonyl (C=O) groups excluding carboxylic acids is 2. The second-order valence-electron chi connectivity index (χ2n) is 3.63. The lowest BCUT2D eigenvalue weighted by atomic mass is 10.2. The number of imide groups is 1. The summed E-state index contributed by atoms with van der Waals surface area (Å²) in [7, 11) is 0. The summed E-state index contributed by atoms with van der Waals surface area (Å²) in [5.41, 5.74) is 1.71. The molecule has 82 valence electrons. The summed E-state index contributed by atoms with van der Waals surface area (Å²) in [6, 6.07) is 6.66. The molecule has 0 spiro atoms. The minimum absolute atomic E-state index is 0.0561. The molecule has 0 radical (unpaired) electrons. The summed E-state index contributed by atoms with van der Waals surface area (Å²) < 4.78 is 0. The maximum Gasteiger partial charge on any atom is 0.261 e. The maximum absolute atomic E-state index is 11.7. The fourth-order valence-electron chi connectivity index (χ4n) is 1.58. The molecule has 4 heteroatoms. The zero-order valence-electron chi connectivity index (χ0n) is 8.80. The number of benzene rings is 1. The highest BCUT2D eigenvalue weighted by molar-refractivity contribution is 6.30. The molecule has 1 aliphatic rings. The maximum atomic E-state index is 11.7. The van der Waals surface area contributed by atoms with E-state index in [2.05, 4.69) is 0 Å². The van der Waals surface area contributed by atoms with Crippen molar-refractivity contribution in [3.05, 3.63) is 41.5 Å². The van der Waals surface area contributed by atoms with Crippen LogP contribution in [-0.2, 0) is 16.2 Å². The monoisotopic (exact) mass is 217 g/mol. The summed E-state index contributed by atoms with van der Waals surface area (Å²) >= 11 is 0. The fraction of sp³-hybridized carbons (Fsp3) is 0.167. The van der Waals surface area contributed by atoms with Crippen LogP contribution >= 0.6 is 0 Å². The van der Waals surface area contributed by atoms with Crippen LogP contribution in [0.15, 0.2) is 35.9 Å². The quantitative estimate of drug-likeness (QED) is 0.752. The first-order valence-corrected chi connectivity index (χ1v) is 4.90. The van der Waals surface area contributed by atoms with Crippen molar-refractivity contribution in [2.45, 2.75) is 13.5 Å². The van der Waals surface area contributed by atoms with Crippen molar-refractivity contribution in [3.63, 3.8) is 0 Å². The molecule has 0 bridgehead atoms. The third kappa shape index (κ3) is 1.63. The van der Waals surface area contributed by atoms with Gasteiger partial charge in [-0.1, -0.05) is 12.1 Å². The van der Waals surface area contributed by atoms with Crippen molar-refractivity contribution in [1.29, 1.82) is 0 Å². The van der Waals surface area contributed by atoms with Gasteiger partial charge in [0, 0.05) is 11.6 Å². The van der Waals surface area contributed by atoms with Gasteiger partial charge in [-0.15, -0.1) is 0 Å². The highest BCUT2D eigenvalue weighted by atomic mass is 16.3. The van der Waals surface area contributed by atoms with Gasteiger partial charge in [0.2, 0.25) is 0 Å². The molecule has 2 rings (SSSR count). The van der Waals surface area contributed by atoms with E-state index in [4.69, 9.17) is 5.11 Å². The van der Waals surface area contributed by atoms with Crippen LogP contribution in [0.2, 0.25) is 0 Å². The number of carbonyl (C=O) groups is 2. The topological polar surface area (TPSA) is 57.6 Å². The molecule has 0 fully saturated rings. The van der Waals surface area contributed by atoms with Crippen LogP contribution in [0.1, 0.15) is 12.5 Å². The van der Waals surface area contributed by atoms with Gasteiger partial charge in [0.1, 0.15) is 0 Å². The Morgan fingerprint density at radius 2 is 1.81 bits per heavy atom. The normalized spacial score (nSPS) is 15.6. The molecule has 1 aromatic carbocycles.